The van der Waals surface area contributed by atoms with E-state index in [1.165, 1.54) is 0 Å². The summed E-state index contributed by atoms with van der Waals surface area (Å²) >= 11 is 0. The van der Waals surface area contributed by atoms with E-state index in [0.29, 0.717) is 32.8 Å². The third kappa shape index (κ3) is 10.6. The molecule has 0 amide bonds. The van der Waals surface area contributed by atoms with Crippen LogP contribution in [0.15, 0.2) is 0 Å². The minimum absolute atomic E-state index is 0.0500. The number of nitrogens with one attached hydrogen (secondary N) is 1. The van der Waals surface area contributed by atoms with E-state index in [-0.39, 0.29) is 24.2 Å². The fourth-order valence-corrected chi connectivity index (χ4v) is 1.87. The Labute approximate surface area is 123 Å². The van der Waals surface area contributed by atoms with Crippen molar-refractivity contribution in [1.29, 1.82) is 0 Å². The Hall–Kier alpha value is -0.200. The van der Waals surface area contributed by atoms with Gasteiger partial charge in [0.2, 0.25) is 0 Å². The van der Waals surface area contributed by atoms with Crippen molar-refractivity contribution in [2.24, 2.45) is 5.41 Å². The molecule has 0 aliphatic rings. The standard InChI is InChI=1S/C15H33NO4/c1-12(2)20-9-8-19-11-13(18)10-16-14(6-7-17)15(3,4)5/h12-14,16-18H,6-11H2,1-5H3. The number of rotatable bonds is 11. The average molecular weight is 291 g/mol. The Morgan fingerprint density at radius 2 is 1.80 bits per heavy atom. The Morgan fingerprint density at radius 3 is 2.30 bits per heavy atom. The van der Waals surface area contributed by atoms with Crippen molar-refractivity contribution in [3.05, 3.63) is 0 Å². The van der Waals surface area contributed by atoms with E-state index >= 15 is 0 Å². The number of aliphatic hydroxyl groups is 2. The SMILES string of the molecule is CC(C)OCCOCC(O)CNC(CCO)C(C)(C)C. The minimum atomic E-state index is -0.544. The molecule has 0 aliphatic heterocycles. The van der Waals surface area contributed by atoms with Gasteiger partial charge in [0.25, 0.3) is 0 Å². The van der Waals surface area contributed by atoms with Crippen LogP contribution in [-0.2, 0) is 9.47 Å². The molecule has 0 aliphatic carbocycles. The first-order valence-corrected chi connectivity index (χ1v) is 7.49. The van der Waals surface area contributed by atoms with Gasteiger partial charge in [-0.05, 0) is 25.7 Å². The molecule has 0 aromatic rings. The van der Waals surface area contributed by atoms with Crippen LogP contribution >= 0.6 is 0 Å². The van der Waals surface area contributed by atoms with Crippen LogP contribution < -0.4 is 5.32 Å². The third-order valence-corrected chi connectivity index (χ3v) is 3.05. The van der Waals surface area contributed by atoms with E-state index in [1.54, 1.807) is 0 Å². The zero-order valence-corrected chi connectivity index (χ0v) is 13.7. The molecule has 2 atom stereocenters. The van der Waals surface area contributed by atoms with Gasteiger partial charge < -0.3 is 25.0 Å². The normalized spacial score (nSPS) is 15.6. The first kappa shape index (κ1) is 19.8. The van der Waals surface area contributed by atoms with Crippen LogP contribution in [0.5, 0.6) is 0 Å². The van der Waals surface area contributed by atoms with Gasteiger partial charge in [0.1, 0.15) is 0 Å². The lowest BCUT2D eigenvalue weighted by Gasteiger charge is -2.32. The van der Waals surface area contributed by atoms with Gasteiger partial charge in [-0.2, -0.15) is 0 Å². The molecule has 5 nitrogen and oxygen atoms in total. The lowest BCUT2D eigenvalue weighted by Crippen LogP contribution is -2.45. The molecule has 0 spiro atoms. The third-order valence-electron chi connectivity index (χ3n) is 3.05. The summed E-state index contributed by atoms with van der Waals surface area (Å²) in [6, 6.07) is 0.173. The predicted octanol–water partition coefficient (Wildman–Crippen LogP) is 1.18. The zero-order chi connectivity index (χ0) is 15.6. The smallest absolute Gasteiger partial charge is 0.0897 e. The Balaban J connectivity index is 3.76. The van der Waals surface area contributed by atoms with Crippen LogP contribution in [-0.4, -0.2) is 61.4 Å². The van der Waals surface area contributed by atoms with Gasteiger partial charge >= 0.3 is 0 Å². The van der Waals surface area contributed by atoms with Crippen molar-refractivity contribution >= 4 is 0 Å². The molecule has 0 fully saturated rings. The molecule has 0 rings (SSSR count). The van der Waals surface area contributed by atoms with Crippen molar-refractivity contribution < 1.29 is 19.7 Å². The van der Waals surface area contributed by atoms with E-state index in [2.05, 4.69) is 26.1 Å². The van der Waals surface area contributed by atoms with Crippen molar-refractivity contribution in [1.82, 2.24) is 5.32 Å². The predicted molar refractivity (Wildman–Crippen MR) is 80.9 cm³/mol. The largest absolute Gasteiger partial charge is 0.396 e. The highest BCUT2D eigenvalue weighted by molar-refractivity contribution is 4.81. The number of aliphatic hydroxyl groups excluding tert-OH is 2. The zero-order valence-electron chi connectivity index (χ0n) is 13.7. The fourth-order valence-electron chi connectivity index (χ4n) is 1.87. The highest BCUT2D eigenvalue weighted by atomic mass is 16.5. The summed E-state index contributed by atoms with van der Waals surface area (Å²) in [5.41, 5.74) is 0.0500. The molecular weight excluding hydrogens is 258 g/mol. The van der Waals surface area contributed by atoms with E-state index in [4.69, 9.17) is 14.6 Å². The highest BCUT2D eigenvalue weighted by Gasteiger charge is 2.24. The summed E-state index contributed by atoms with van der Waals surface area (Å²) in [4.78, 5) is 0. The number of hydrogen-bond donors (Lipinski definition) is 3. The van der Waals surface area contributed by atoms with E-state index in [9.17, 15) is 5.11 Å². The maximum atomic E-state index is 9.85. The molecular formula is C15H33NO4. The second-order valence-electron chi connectivity index (χ2n) is 6.49. The topological polar surface area (TPSA) is 71.0 Å². The molecule has 0 saturated carbocycles. The van der Waals surface area contributed by atoms with Gasteiger partial charge in [0, 0.05) is 19.2 Å². The average Bonchev–Trinajstić information content (AvgIpc) is 2.32. The van der Waals surface area contributed by atoms with Crippen molar-refractivity contribution in [2.45, 2.75) is 59.3 Å². The monoisotopic (exact) mass is 291 g/mol. The van der Waals surface area contributed by atoms with E-state index in [1.807, 2.05) is 13.8 Å². The summed E-state index contributed by atoms with van der Waals surface area (Å²) in [5.74, 6) is 0. The van der Waals surface area contributed by atoms with Crippen LogP contribution in [0.3, 0.4) is 0 Å². The second-order valence-corrected chi connectivity index (χ2v) is 6.49. The molecule has 20 heavy (non-hydrogen) atoms. The number of ether oxygens (including phenoxy) is 2. The summed E-state index contributed by atoms with van der Waals surface area (Å²) in [7, 11) is 0. The minimum Gasteiger partial charge on any atom is -0.396 e. The molecule has 3 N–H and O–H groups in total. The van der Waals surface area contributed by atoms with Crippen LogP contribution in [0, 0.1) is 5.41 Å². The lowest BCUT2D eigenvalue weighted by atomic mass is 9.85. The van der Waals surface area contributed by atoms with Gasteiger partial charge in [-0.1, -0.05) is 20.8 Å². The maximum Gasteiger partial charge on any atom is 0.0897 e. The first-order valence-electron chi connectivity index (χ1n) is 7.49. The molecule has 2 unspecified atom stereocenters. The van der Waals surface area contributed by atoms with Crippen LogP contribution in [0.25, 0.3) is 0 Å². The van der Waals surface area contributed by atoms with E-state index in [0.717, 1.165) is 0 Å². The summed E-state index contributed by atoms with van der Waals surface area (Å²) in [6.07, 6.45) is 0.341. The first-order chi connectivity index (χ1) is 9.27. The van der Waals surface area contributed by atoms with Crippen molar-refractivity contribution in [3.63, 3.8) is 0 Å². The van der Waals surface area contributed by atoms with Crippen LogP contribution in [0.2, 0.25) is 0 Å². The molecule has 0 aromatic carbocycles. The molecule has 0 aromatic heterocycles. The van der Waals surface area contributed by atoms with Crippen LogP contribution in [0.1, 0.15) is 41.0 Å². The molecule has 5 heteroatoms. The Morgan fingerprint density at radius 1 is 1.15 bits per heavy atom. The quantitative estimate of drug-likeness (QED) is 0.499. The number of hydrogen-bond acceptors (Lipinski definition) is 5. The molecule has 122 valence electrons. The van der Waals surface area contributed by atoms with Crippen molar-refractivity contribution in [3.8, 4) is 0 Å². The molecule has 0 heterocycles. The van der Waals surface area contributed by atoms with Gasteiger partial charge in [-0.15, -0.1) is 0 Å². The van der Waals surface area contributed by atoms with Gasteiger partial charge in [-0.3, -0.25) is 0 Å². The lowest BCUT2D eigenvalue weighted by molar-refractivity contribution is -0.0115. The fraction of sp³-hybridized carbons (Fsp3) is 1.00. The Kier molecular flexibility index (Phi) is 10.4. The second kappa shape index (κ2) is 10.5. The highest BCUT2D eigenvalue weighted by Crippen LogP contribution is 2.21. The van der Waals surface area contributed by atoms with Crippen LogP contribution in [0.4, 0.5) is 0 Å². The van der Waals surface area contributed by atoms with E-state index < -0.39 is 6.10 Å². The Bertz CT molecular complexity index is 228. The summed E-state index contributed by atoms with van der Waals surface area (Å²) in [6.45, 7) is 12.3. The molecule has 0 radical (unpaired) electrons. The molecule has 0 bridgehead atoms. The summed E-state index contributed by atoms with van der Waals surface area (Å²) < 4.78 is 10.7. The summed E-state index contributed by atoms with van der Waals surface area (Å²) in [5, 5.41) is 22.2. The van der Waals surface area contributed by atoms with Gasteiger partial charge in [0.15, 0.2) is 0 Å². The maximum absolute atomic E-state index is 9.85. The van der Waals surface area contributed by atoms with Gasteiger partial charge in [-0.25, -0.2) is 0 Å². The van der Waals surface area contributed by atoms with Gasteiger partial charge in [0.05, 0.1) is 32.0 Å². The van der Waals surface area contributed by atoms with Crippen molar-refractivity contribution in [2.75, 3.05) is 33.0 Å². The molecule has 0 saturated heterocycles.